The second-order valence-electron chi connectivity index (χ2n) is 5.55. The molecule has 2 saturated carbocycles. The Hall–Kier alpha value is -1.10. The molecule has 2 fully saturated rings. The first-order valence-corrected chi connectivity index (χ1v) is 6.88. The molecule has 0 spiro atoms. The molecule has 4 N–H and O–H groups in total. The highest BCUT2D eigenvalue weighted by Crippen LogP contribution is 2.27. The van der Waals surface area contributed by atoms with Gasteiger partial charge in [0.25, 0.3) is 0 Å². The molecule has 5 nitrogen and oxygen atoms in total. The maximum atomic E-state index is 12.1. The van der Waals surface area contributed by atoms with Crippen molar-refractivity contribution in [2.24, 2.45) is 17.6 Å². The Balaban J connectivity index is 1.94. The molecule has 2 aliphatic rings. The van der Waals surface area contributed by atoms with Crippen LogP contribution in [0.2, 0.25) is 0 Å². The minimum absolute atomic E-state index is 0.0434. The van der Waals surface area contributed by atoms with Crippen LogP contribution >= 0.6 is 0 Å². The third-order valence-corrected chi connectivity index (χ3v) is 4.32. The second-order valence-corrected chi connectivity index (χ2v) is 5.55. The van der Waals surface area contributed by atoms with Crippen LogP contribution < -0.4 is 11.1 Å². The fourth-order valence-corrected chi connectivity index (χ4v) is 3.20. The van der Waals surface area contributed by atoms with Crippen LogP contribution in [0.4, 0.5) is 0 Å². The predicted octanol–water partition coefficient (Wildman–Crippen LogP) is 0.873. The molecule has 0 aliphatic heterocycles. The van der Waals surface area contributed by atoms with E-state index in [1.54, 1.807) is 0 Å². The minimum Gasteiger partial charge on any atom is -0.481 e. The van der Waals surface area contributed by atoms with E-state index in [0.29, 0.717) is 6.42 Å². The number of hydrogen-bond donors (Lipinski definition) is 3. The Morgan fingerprint density at radius 1 is 1.00 bits per heavy atom. The molecule has 1 amide bonds. The van der Waals surface area contributed by atoms with Crippen LogP contribution in [0.15, 0.2) is 0 Å². The second kappa shape index (κ2) is 5.69. The van der Waals surface area contributed by atoms with Gasteiger partial charge < -0.3 is 16.2 Å². The van der Waals surface area contributed by atoms with Gasteiger partial charge in [-0.3, -0.25) is 9.59 Å². The van der Waals surface area contributed by atoms with Crippen LogP contribution in [-0.4, -0.2) is 29.1 Å². The van der Waals surface area contributed by atoms with Gasteiger partial charge in [0.15, 0.2) is 0 Å². The van der Waals surface area contributed by atoms with Crippen LogP contribution in [0, 0.1) is 11.8 Å². The summed E-state index contributed by atoms with van der Waals surface area (Å²) in [4.78, 5) is 23.3. The summed E-state index contributed by atoms with van der Waals surface area (Å²) >= 11 is 0. The number of hydrogen-bond acceptors (Lipinski definition) is 3. The Morgan fingerprint density at radius 2 is 1.67 bits per heavy atom. The predicted molar refractivity (Wildman–Crippen MR) is 66.8 cm³/mol. The van der Waals surface area contributed by atoms with Gasteiger partial charge in [0.05, 0.1) is 11.8 Å². The molecule has 102 valence electrons. The van der Waals surface area contributed by atoms with E-state index in [1.807, 2.05) is 0 Å². The lowest BCUT2D eigenvalue weighted by molar-refractivity contribution is -0.144. The fourth-order valence-electron chi connectivity index (χ4n) is 3.20. The highest BCUT2D eigenvalue weighted by atomic mass is 16.4. The lowest BCUT2D eigenvalue weighted by Crippen LogP contribution is -2.49. The molecular weight excluding hydrogens is 232 g/mol. The van der Waals surface area contributed by atoms with Crippen molar-refractivity contribution >= 4 is 11.9 Å². The van der Waals surface area contributed by atoms with Crippen LogP contribution in [0.25, 0.3) is 0 Å². The first-order chi connectivity index (χ1) is 8.59. The average Bonchev–Trinajstić information content (AvgIpc) is 2.76. The summed E-state index contributed by atoms with van der Waals surface area (Å²) < 4.78 is 0. The third kappa shape index (κ3) is 2.83. The standard InChI is InChI=1S/C13H22N2O3/c14-10-6-3-5-8(10)12(16)15-11-7-2-1-4-9(11)13(17)18/h8-11H,1-7,14H2,(H,15,16)(H,17,18). The summed E-state index contributed by atoms with van der Waals surface area (Å²) in [5.41, 5.74) is 5.90. The summed E-state index contributed by atoms with van der Waals surface area (Å²) in [6, 6.07) is -0.270. The van der Waals surface area contributed by atoms with Crippen molar-refractivity contribution in [1.29, 1.82) is 0 Å². The van der Waals surface area contributed by atoms with Crippen molar-refractivity contribution in [2.75, 3.05) is 0 Å². The summed E-state index contributed by atoms with van der Waals surface area (Å²) in [7, 11) is 0. The highest BCUT2D eigenvalue weighted by Gasteiger charge is 2.36. The lowest BCUT2D eigenvalue weighted by atomic mass is 9.84. The molecule has 0 heterocycles. The van der Waals surface area contributed by atoms with Gasteiger partial charge in [-0.05, 0) is 25.7 Å². The van der Waals surface area contributed by atoms with Gasteiger partial charge in [0, 0.05) is 12.1 Å². The fraction of sp³-hybridized carbons (Fsp3) is 0.846. The molecule has 0 aromatic carbocycles. The topological polar surface area (TPSA) is 92.4 Å². The summed E-state index contributed by atoms with van der Waals surface area (Å²) in [6.07, 6.45) is 6.08. The van der Waals surface area contributed by atoms with E-state index >= 15 is 0 Å². The molecule has 0 aromatic heterocycles. The van der Waals surface area contributed by atoms with Crippen LogP contribution in [0.3, 0.4) is 0 Å². The normalized spacial score (nSPS) is 36.3. The van der Waals surface area contributed by atoms with Crippen molar-refractivity contribution < 1.29 is 14.7 Å². The Morgan fingerprint density at radius 3 is 2.28 bits per heavy atom. The first-order valence-electron chi connectivity index (χ1n) is 6.88. The Labute approximate surface area is 107 Å². The summed E-state index contributed by atoms with van der Waals surface area (Å²) in [5.74, 6) is -1.39. The third-order valence-electron chi connectivity index (χ3n) is 4.32. The number of amides is 1. The van der Waals surface area contributed by atoms with E-state index in [9.17, 15) is 9.59 Å². The largest absolute Gasteiger partial charge is 0.481 e. The Bertz CT molecular complexity index is 332. The number of carboxylic acid groups (broad SMARTS) is 1. The monoisotopic (exact) mass is 254 g/mol. The van der Waals surface area contributed by atoms with Gasteiger partial charge in [-0.1, -0.05) is 19.3 Å². The molecule has 2 aliphatic carbocycles. The number of nitrogens with two attached hydrogens (primary N) is 1. The number of nitrogens with one attached hydrogen (secondary N) is 1. The zero-order valence-corrected chi connectivity index (χ0v) is 10.6. The maximum Gasteiger partial charge on any atom is 0.308 e. The zero-order chi connectivity index (χ0) is 13.1. The van der Waals surface area contributed by atoms with E-state index in [4.69, 9.17) is 10.8 Å². The molecule has 5 heteroatoms. The number of carbonyl (C=O) groups excluding carboxylic acids is 1. The molecule has 0 radical (unpaired) electrons. The summed E-state index contributed by atoms with van der Waals surface area (Å²) in [5, 5.41) is 12.1. The van der Waals surface area contributed by atoms with Crippen molar-refractivity contribution in [3.05, 3.63) is 0 Å². The van der Waals surface area contributed by atoms with Crippen molar-refractivity contribution in [3.63, 3.8) is 0 Å². The average molecular weight is 254 g/mol. The van der Waals surface area contributed by atoms with E-state index in [1.165, 1.54) is 0 Å². The number of carbonyl (C=O) groups is 2. The number of carboxylic acids is 1. The first kappa shape index (κ1) is 13.3. The molecular formula is C13H22N2O3. The van der Waals surface area contributed by atoms with Gasteiger partial charge in [-0.25, -0.2) is 0 Å². The van der Waals surface area contributed by atoms with Crippen LogP contribution in [-0.2, 0) is 9.59 Å². The molecule has 0 saturated heterocycles. The van der Waals surface area contributed by atoms with Gasteiger partial charge >= 0.3 is 5.97 Å². The molecule has 0 aromatic rings. The highest BCUT2D eigenvalue weighted by molar-refractivity contribution is 5.81. The van der Waals surface area contributed by atoms with E-state index in [0.717, 1.165) is 38.5 Å². The minimum atomic E-state index is -0.796. The lowest BCUT2D eigenvalue weighted by Gasteiger charge is -2.30. The van der Waals surface area contributed by atoms with E-state index in [-0.39, 0.29) is 23.9 Å². The number of rotatable bonds is 3. The molecule has 2 rings (SSSR count). The maximum absolute atomic E-state index is 12.1. The van der Waals surface area contributed by atoms with Crippen molar-refractivity contribution in [2.45, 2.75) is 57.0 Å². The van der Waals surface area contributed by atoms with E-state index in [2.05, 4.69) is 5.32 Å². The smallest absolute Gasteiger partial charge is 0.308 e. The zero-order valence-electron chi connectivity index (χ0n) is 10.6. The Kier molecular flexibility index (Phi) is 4.22. The van der Waals surface area contributed by atoms with Crippen LogP contribution in [0.1, 0.15) is 44.9 Å². The SMILES string of the molecule is NC1CCCC1C(=O)NC1CCCCC1C(=O)O. The quantitative estimate of drug-likeness (QED) is 0.697. The molecule has 0 bridgehead atoms. The van der Waals surface area contributed by atoms with Gasteiger partial charge in [-0.15, -0.1) is 0 Å². The summed E-state index contributed by atoms with van der Waals surface area (Å²) in [6.45, 7) is 0. The molecule has 4 atom stereocenters. The van der Waals surface area contributed by atoms with Gasteiger partial charge in [0.2, 0.25) is 5.91 Å². The van der Waals surface area contributed by atoms with Gasteiger partial charge in [-0.2, -0.15) is 0 Å². The molecule has 18 heavy (non-hydrogen) atoms. The molecule has 4 unspecified atom stereocenters. The number of aliphatic carboxylic acids is 1. The van der Waals surface area contributed by atoms with Crippen molar-refractivity contribution in [1.82, 2.24) is 5.32 Å². The van der Waals surface area contributed by atoms with Gasteiger partial charge in [0.1, 0.15) is 0 Å². The van der Waals surface area contributed by atoms with Crippen molar-refractivity contribution in [3.8, 4) is 0 Å². The van der Waals surface area contributed by atoms with Crippen LogP contribution in [0.5, 0.6) is 0 Å². The van der Waals surface area contributed by atoms with E-state index < -0.39 is 11.9 Å².